The van der Waals surface area contributed by atoms with Crippen molar-refractivity contribution in [2.75, 3.05) is 19.5 Å². The maximum atomic E-state index is 12.4. The molecule has 0 spiro atoms. The summed E-state index contributed by atoms with van der Waals surface area (Å²) in [6.45, 7) is 3.88. The molecular weight excluding hydrogens is 364 g/mol. The zero-order valence-corrected chi connectivity index (χ0v) is 16.4. The van der Waals surface area contributed by atoms with E-state index >= 15 is 0 Å². The van der Waals surface area contributed by atoms with Crippen molar-refractivity contribution in [3.63, 3.8) is 0 Å². The molecule has 0 amide bonds. The lowest BCUT2D eigenvalue weighted by Gasteiger charge is -2.29. The summed E-state index contributed by atoms with van der Waals surface area (Å²) in [5.74, 6) is -0.802. The third-order valence-electron chi connectivity index (χ3n) is 4.04. The molecule has 0 aliphatic carbocycles. The van der Waals surface area contributed by atoms with Gasteiger partial charge in [-0.1, -0.05) is 30.3 Å². The number of carbonyl (C=O) groups excluding carboxylic acids is 2. The predicted molar refractivity (Wildman–Crippen MR) is 103 cm³/mol. The van der Waals surface area contributed by atoms with Gasteiger partial charge in [-0.3, -0.25) is 4.79 Å². The van der Waals surface area contributed by atoms with Crippen molar-refractivity contribution >= 4 is 23.7 Å². The molecule has 0 radical (unpaired) electrons. The fourth-order valence-corrected chi connectivity index (χ4v) is 3.87. The second-order valence-electron chi connectivity index (χ2n) is 5.76. The van der Waals surface area contributed by atoms with Crippen LogP contribution in [-0.2, 0) is 19.1 Å². The van der Waals surface area contributed by atoms with Crippen molar-refractivity contribution in [2.24, 2.45) is 0 Å². The first kappa shape index (κ1) is 20.6. The van der Waals surface area contributed by atoms with Crippen LogP contribution in [0.15, 0.2) is 52.2 Å². The Morgan fingerprint density at radius 1 is 1.30 bits per heavy atom. The van der Waals surface area contributed by atoms with Gasteiger partial charge in [-0.2, -0.15) is 5.26 Å². The van der Waals surface area contributed by atoms with Crippen LogP contribution in [0.4, 0.5) is 0 Å². The topological polar surface area (TPSA) is 88.4 Å². The summed E-state index contributed by atoms with van der Waals surface area (Å²) in [5, 5.41) is 13.6. The normalized spacial score (nSPS) is 16.4. The summed E-state index contributed by atoms with van der Waals surface area (Å²) in [6, 6.07) is 11.6. The number of methoxy groups -OCH3 is 1. The minimum absolute atomic E-state index is 0.241. The number of hydrogen-bond donors (Lipinski definition) is 1. The Morgan fingerprint density at radius 3 is 2.59 bits per heavy atom. The number of nitriles is 1. The molecule has 142 valence electrons. The molecule has 0 saturated heterocycles. The van der Waals surface area contributed by atoms with Crippen molar-refractivity contribution in [2.45, 2.75) is 26.2 Å². The van der Waals surface area contributed by atoms with Crippen LogP contribution in [0.5, 0.6) is 0 Å². The number of nitrogens with one attached hydrogen (secondary N) is 1. The molecule has 0 saturated carbocycles. The SMILES string of the molecule is CCOC(=O)CCSC1=C(C#N)C(c2ccccc2)C(C(=O)OC)=C(C)N1. The predicted octanol–water partition coefficient (Wildman–Crippen LogP) is 3.24. The minimum atomic E-state index is -0.519. The lowest BCUT2D eigenvalue weighted by Crippen LogP contribution is -2.28. The van der Waals surface area contributed by atoms with E-state index in [4.69, 9.17) is 9.47 Å². The van der Waals surface area contributed by atoms with Gasteiger partial charge in [0.05, 0.1) is 48.3 Å². The number of nitrogens with zero attached hydrogens (tertiary/aromatic N) is 1. The van der Waals surface area contributed by atoms with Crippen LogP contribution in [-0.4, -0.2) is 31.4 Å². The van der Waals surface area contributed by atoms with Crippen molar-refractivity contribution in [3.8, 4) is 6.07 Å². The molecule has 0 bridgehead atoms. The van der Waals surface area contributed by atoms with Crippen LogP contribution in [0.1, 0.15) is 31.7 Å². The van der Waals surface area contributed by atoms with Gasteiger partial charge in [-0.25, -0.2) is 4.79 Å². The average molecular weight is 386 g/mol. The summed E-state index contributed by atoms with van der Waals surface area (Å²) < 4.78 is 9.88. The van der Waals surface area contributed by atoms with Gasteiger partial charge in [0, 0.05) is 11.4 Å². The molecule has 1 atom stereocenters. The molecule has 1 heterocycles. The molecule has 27 heavy (non-hydrogen) atoms. The maximum Gasteiger partial charge on any atom is 0.336 e. The van der Waals surface area contributed by atoms with Gasteiger partial charge in [-0.05, 0) is 19.4 Å². The van der Waals surface area contributed by atoms with Crippen LogP contribution in [0.2, 0.25) is 0 Å². The summed E-state index contributed by atoms with van der Waals surface area (Å²) in [4.78, 5) is 23.9. The highest BCUT2D eigenvalue weighted by molar-refractivity contribution is 8.03. The summed E-state index contributed by atoms with van der Waals surface area (Å²) in [6.07, 6.45) is 0.241. The Hall–Kier alpha value is -2.72. The first-order chi connectivity index (χ1) is 13.0. The number of dihydropyridines is 1. The quantitative estimate of drug-likeness (QED) is 0.720. The highest BCUT2D eigenvalue weighted by Crippen LogP contribution is 2.40. The van der Waals surface area contributed by atoms with E-state index in [2.05, 4.69) is 11.4 Å². The number of thioether (sulfide) groups is 1. The fraction of sp³-hybridized carbons (Fsp3) is 0.350. The number of allylic oxidation sites excluding steroid dienone is 2. The number of hydrogen-bond acceptors (Lipinski definition) is 7. The maximum absolute atomic E-state index is 12.4. The Balaban J connectivity index is 2.37. The zero-order chi connectivity index (χ0) is 19.8. The molecular formula is C20H22N2O4S. The first-order valence-electron chi connectivity index (χ1n) is 8.57. The Morgan fingerprint density at radius 2 is 2.00 bits per heavy atom. The lowest BCUT2D eigenvalue weighted by molar-refractivity contribution is -0.142. The van der Waals surface area contributed by atoms with Gasteiger partial charge in [0.15, 0.2) is 0 Å². The van der Waals surface area contributed by atoms with Gasteiger partial charge in [-0.15, -0.1) is 11.8 Å². The van der Waals surface area contributed by atoms with Gasteiger partial charge < -0.3 is 14.8 Å². The van der Waals surface area contributed by atoms with Crippen LogP contribution in [0.25, 0.3) is 0 Å². The van der Waals surface area contributed by atoms with E-state index in [1.54, 1.807) is 13.8 Å². The molecule has 1 N–H and O–H groups in total. The fourth-order valence-electron chi connectivity index (χ4n) is 2.86. The van der Waals surface area contributed by atoms with Crippen molar-refractivity contribution in [1.29, 1.82) is 5.26 Å². The third-order valence-corrected chi connectivity index (χ3v) is 5.06. The van der Waals surface area contributed by atoms with E-state index in [0.717, 1.165) is 5.56 Å². The standard InChI is InChI=1S/C20H22N2O4S/c1-4-26-16(23)10-11-27-19-15(12-21)18(14-8-6-5-7-9-14)17(13(2)22-19)20(24)25-3/h5-9,18,22H,4,10-11H2,1-3H3. The van der Waals surface area contributed by atoms with Crippen LogP contribution >= 0.6 is 11.8 Å². The van der Waals surface area contributed by atoms with E-state index in [1.807, 2.05) is 30.3 Å². The number of rotatable bonds is 7. The molecule has 1 unspecified atom stereocenters. The van der Waals surface area contributed by atoms with Crippen molar-refractivity contribution < 1.29 is 19.1 Å². The summed E-state index contributed by atoms with van der Waals surface area (Å²) >= 11 is 1.37. The zero-order valence-electron chi connectivity index (χ0n) is 15.6. The molecule has 1 aromatic carbocycles. The molecule has 0 fully saturated rings. The Bertz CT molecular complexity index is 809. The molecule has 2 rings (SSSR count). The number of ether oxygens (including phenoxy) is 2. The van der Waals surface area contributed by atoms with Gasteiger partial charge >= 0.3 is 11.9 Å². The average Bonchev–Trinajstić information content (AvgIpc) is 2.67. The van der Waals surface area contributed by atoms with Crippen molar-refractivity contribution in [1.82, 2.24) is 5.32 Å². The van der Waals surface area contributed by atoms with E-state index in [-0.39, 0.29) is 12.4 Å². The van der Waals surface area contributed by atoms with Crippen LogP contribution in [0.3, 0.4) is 0 Å². The number of esters is 2. The third kappa shape index (κ3) is 4.92. The monoisotopic (exact) mass is 386 g/mol. The van der Waals surface area contributed by atoms with E-state index in [9.17, 15) is 14.9 Å². The minimum Gasteiger partial charge on any atom is -0.466 e. The smallest absolute Gasteiger partial charge is 0.336 e. The molecule has 1 aliphatic heterocycles. The van der Waals surface area contributed by atoms with E-state index in [1.165, 1.54) is 18.9 Å². The largest absolute Gasteiger partial charge is 0.466 e. The number of benzene rings is 1. The second kappa shape index (κ2) is 9.83. The summed E-state index contributed by atoms with van der Waals surface area (Å²) in [7, 11) is 1.32. The molecule has 1 aromatic rings. The van der Waals surface area contributed by atoms with Crippen molar-refractivity contribution in [3.05, 3.63) is 57.8 Å². The Labute approximate surface area is 163 Å². The van der Waals surface area contributed by atoms with Gasteiger partial charge in [0.2, 0.25) is 0 Å². The first-order valence-corrected chi connectivity index (χ1v) is 9.55. The van der Waals surface area contributed by atoms with Crippen LogP contribution in [0, 0.1) is 11.3 Å². The van der Waals surface area contributed by atoms with E-state index in [0.29, 0.717) is 34.2 Å². The number of carbonyl (C=O) groups is 2. The van der Waals surface area contributed by atoms with E-state index < -0.39 is 11.9 Å². The molecule has 6 nitrogen and oxygen atoms in total. The Kier molecular flexibility index (Phi) is 7.50. The molecule has 1 aliphatic rings. The highest BCUT2D eigenvalue weighted by atomic mass is 32.2. The second-order valence-corrected chi connectivity index (χ2v) is 6.86. The summed E-state index contributed by atoms with van der Waals surface area (Å²) in [5.41, 5.74) is 2.31. The molecule has 7 heteroatoms. The van der Waals surface area contributed by atoms with Crippen LogP contribution < -0.4 is 5.32 Å². The van der Waals surface area contributed by atoms with Gasteiger partial charge in [0.1, 0.15) is 0 Å². The highest BCUT2D eigenvalue weighted by Gasteiger charge is 2.35. The van der Waals surface area contributed by atoms with Gasteiger partial charge in [0.25, 0.3) is 0 Å². The molecule has 0 aromatic heterocycles. The lowest BCUT2D eigenvalue weighted by atomic mass is 9.82.